The van der Waals surface area contributed by atoms with Gasteiger partial charge in [0, 0.05) is 19.2 Å². The predicted molar refractivity (Wildman–Crippen MR) is 182 cm³/mol. The molecular formula is C34H63ClN2O7S. The van der Waals surface area contributed by atoms with E-state index in [1.165, 1.54) is 64.0 Å². The van der Waals surface area contributed by atoms with E-state index in [0.29, 0.717) is 12.3 Å². The summed E-state index contributed by atoms with van der Waals surface area (Å²) in [7, 11) is 0.255. The van der Waals surface area contributed by atoms with Crippen molar-refractivity contribution in [3.05, 3.63) is 0 Å². The number of hydrogen-bond acceptors (Lipinski definition) is 8. The Morgan fingerprint density at radius 3 is 2.02 bits per heavy atom. The van der Waals surface area contributed by atoms with Crippen molar-refractivity contribution in [1.29, 1.82) is 0 Å². The summed E-state index contributed by atoms with van der Waals surface area (Å²) in [4.78, 5) is 28.0. The largest absolute Gasteiger partial charge is 0.456 e. The lowest BCUT2D eigenvalue weighted by Gasteiger charge is -2.45. The van der Waals surface area contributed by atoms with Crippen molar-refractivity contribution in [3.63, 3.8) is 0 Å². The third-order valence-corrected chi connectivity index (χ3v) is 10.8. The second-order valence-electron chi connectivity index (χ2n) is 13.5. The fraction of sp³-hybridized carbons (Fsp3) is 0.941. The van der Waals surface area contributed by atoms with E-state index in [1.54, 1.807) is 6.92 Å². The van der Waals surface area contributed by atoms with Gasteiger partial charge in [0.25, 0.3) is 0 Å². The van der Waals surface area contributed by atoms with Crippen LogP contribution < -0.4 is 5.32 Å². The molecule has 2 aliphatic heterocycles. The van der Waals surface area contributed by atoms with Crippen LogP contribution in [-0.2, 0) is 29.9 Å². The Kier molecular flexibility index (Phi) is 19.7. The van der Waals surface area contributed by atoms with Gasteiger partial charge < -0.3 is 25.0 Å². The molecule has 264 valence electrons. The fourth-order valence-corrected chi connectivity index (χ4v) is 7.88. The maximum absolute atomic E-state index is 13.3. The average molecular weight is 679 g/mol. The fourth-order valence-electron chi connectivity index (χ4n) is 6.80. The Balaban J connectivity index is 1.82. The number of rotatable bonds is 22. The van der Waals surface area contributed by atoms with Gasteiger partial charge in [0.2, 0.25) is 5.91 Å². The molecule has 2 rings (SSSR count). The van der Waals surface area contributed by atoms with Crippen LogP contribution in [0.1, 0.15) is 130 Å². The van der Waals surface area contributed by atoms with Gasteiger partial charge in [-0.2, -0.15) is 0 Å². The van der Waals surface area contributed by atoms with Crippen LogP contribution in [0.25, 0.3) is 0 Å². The number of carbonyl (C=O) groups excluding carboxylic acids is 2. The first-order chi connectivity index (χ1) is 21.5. The molecule has 0 aromatic heterocycles. The Labute approximate surface area is 280 Å². The molecule has 0 bridgehead atoms. The molecule has 2 heterocycles. The molecule has 0 aromatic rings. The Morgan fingerprint density at radius 1 is 0.956 bits per heavy atom. The molecule has 1 amide bonds. The lowest BCUT2D eigenvalue weighted by Crippen LogP contribution is -2.66. The van der Waals surface area contributed by atoms with Gasteiger partial charge in [-0.1, -0.05) is 97.3 Å². The van der Waals surface area contributed by atoms with E-state index in [-0.39, 0.29) is 18.4 Å². The van der Waals surface area contributed by atoms with Gasteiger partial charge in [-0.15, -0.1) is 11.6 Å². The van der Waals surface area contributed by atoms with Crippen LogP contribution in [0.2, 0.25) is 0 Å². The van der Waals surface area contributed by atoms with Gasteiger partial charge >= 0.3 is 5.97 Å². The van der Waals surface area contributed by atoms with Gasteiger partial charge in [-0.3, -0.25) is 18.7 Å². The number of carbonyl (C=O) groups is 2. The second kappa shape index (κ2) is 22.0. The number of esters is 1. The smallest absolute Gasteiger partial charge is 0.306 e. The van der Waals surface area contributed by atoms with Crippen molar-refractivity contribution in [2.24, 2.45) is 5.92 Å². The lowest BCUT2D eigenvalue weighted by atomic mass is 9.92. The molecular weight excluding hydrogens is 616 g/mol. The molecule has 10 atom stereocenters. The first-order valence-electron chi connectivity index (χ1n) is 17.7. The number of aliphatic hydroxyl groups is 2. The summed E-state index contributed by atoms with van der Waals surface area (Å²) in [6, 6.07) is -1.20. The molecule has 0 saturated carbocycles. The van der Waals surface area contributed by atoms with Crippen molar-refractivity contribution in [3.8, 4) is 0 Å². The highest BCUT2D eigenvalue weighted by Crippen LogP contribution is 2.31. The van der Waals surface area contributed by atoms with Crippen LogP contribution in [0.3, 0.4) is 0 Å². The number of aliphatic hydroxyl groups excluding tert-OH is 2. The summed E-state index contributed by atoms with van der Waals surface area (Å²) in [5.41, 5.74) is -1.18. The lowest BCUT2D eigenvalue weighted by molar-refractivity contribution is -0.219. The van der Waals surface area contributed by atoms with Crippen LogP contribution in [0.5, 0.6) is 0 Å². The number of amides is 1. The number of nitrogens with one attached hydrogen (secondary N) is 1. The minimum Gasteiger partial charge on any atom is -0.456 e. The van der Waals surface area contributed by atoms with Gasteiger partial charge in [0.1, 0.15) is 18.3 Å². The van der Waals surface area contributed by atoms with Gasteiger partial charge in [0.15, 0.2) is 11.5 Å². The average Bonchev–Trinajstić information content (AvgIpc) is 3.36. The number of alkyl halides is 1. The molecule has 45 heavy (non-hydrogen) atoms. The monoisotopic (exact) mass is 678 g/mol. The van der Waals surface area contributed by atoms with Gasteiger partial charge in [0.05, 0.1) is 28.3 Å². The maximum atomic E-state index is 13.3. The molecule has 11 heteroatoms. The molecule has 0 aliphatic carbocycles. The van der Waals surface area contributed by atoms with E-state index in [9.17, 15) is 24.0 Å². The number of halogens is 1. The summed E-state index contributed by atoms with van der Waals surface area (Å²) in [6.07, 6.45) is 14.5. The van der Waals surface area contributed by atoms with Crippen LogP contribution in [0.15, 0.2) is 0 Å². The zero-order valence-electron chi connectivity index (χ0n) is 28.6. The van der Waals surface area contributed by atoms with E-state index in [0.717, 1.165) is 45.1 Å². The van der Waals surface area contributed by atoms with E-state index < -0.39 is 58.0 Å². The molecule has 3 N–H and O–H groups in total. The third kappa shape index (κ3) is 13.7. The molecule has 0 radical (unpaired) electrons. The maximum Gasteiger partial charge on any atom is 0.306 e. The quantitative estimate of drug-likeness (QED) is 0.0786. The summed E-state index contributed by atoms with van der Waals surface area (Å²) in [5, 5.41) is 24.4. The standard InChI is InChI=1S/C34H63ClN2O7S/c1-6-8-9-10-11-12-13-14-15-16-17-18-19-21-27(38)43-32-30(40)29(39)31(44-34(32)45(5)42)28(24(3)35)36-33(41)26-22-25(20-7-2)23-37(26)4/h24-26,28-32,34,39-40H,6-23H2,1-5H3,(H,36,41). The van der Waals surface area contributed by atoms with Gasteiger partial charge in [-0.05, 0) is 39.2 Å². The zero-order valence-corrected chi connectivity index (χ0v) is 30.2. The number of unbranched alkanes of at least 4 members (excludes halogenated alkanes) is 12. The van der Waals surface area contributed by atoms with Crippen molar-refractivity contribution in [1.82, 2.24) is 10.2 Å². The minimum absolute atomic E-state index is 0.175. The van der Waals surface area contributed by atoms with Crippen molar-refractivity contribution >= 4 is 34.3 Å². The molecule has 2 aliphatic rings. The predicted octanol–water partition coefficient (Wildman–Crippen LogP) is 5.44. The third-order valence-electron chi connectivity index (χ3n) is 9.45. The number of ether oxygens (including phenoxy) is 2. The van der Waals surface area contributed by atoms with E-state index in [1.807, 2.05) is 11.9 Å². The Hall–Kier alpha value is -0.780. The number of nitrogens with zero attached hydrogens (tertiary/aromatic N) is 1. The molecule has 2 saturated heterocycles. The van der Waals surface area contributed by atoms with Gasteiger partial charge in [-0.25, -0.2) is 0 Å². The summed E-state index contributed by atoms with van der Waals surface area (Å²) in [5.74, 6) is -0.310. The molecule has 2 fully saturated rings. The topological polar surface area (TPSA) is 125 Å². The van der Waals surface area contributed by atoms with Crippen LogP contribution in [-0.4, -0.2) is 98.4 Å². The second-order valence-corrected chi connectivity index (χ2v) is 15.6. The highest BCUT2D eigenvalue weighted by molar-refractivity contribution is 7.84. The molecule has 0 spiro atoms. The first-order valence-corrected chi connectivity index (χ1v) is 19.7. The Bertz CT molecular complexity index is 881. The van der Waals surface area contributed by atoms with Crippen LogP contribution in [0.4, 0.5) is 0 Å². The summed E-state index contributed by atoms with van der Waals surface area (Å²) < 4.78 is 24.3. The first kappa shape index (κ1) is 40.4. The number of hydrogen-bond donors (Lipinski definition) is 3. The SMILES string of the molecule is CCCCCCCCCCCCCCCC(=O)OC1C(O)C(O)C(C(NC(=O)C2CC(CCC)CN2C)C(C)Cl)OC1S(C)=O. The number of likely N-dealkylation sites (tertiary alicyclic amines) is 1. The summed E-state index contributed by atoms with van der Waals surface area (Å²) in [6.45, 7) is 6.87. The molecule has 9 nitrogen and oxygen atoms in total. The minimum atomic E-state index is -1.66. The highest BCUT2D eigenvalue weighted by Gasteiger charge is 2.52. The van der Waals surface area contributed by atoms with E-state index >= 15 is 0 Å². The molecule has 0 aromatic carbocycles. The number of likely N-dealkylation sites (N-methyl/N-ethyl adjacent to an activating group) is 1. The molecule has 10 unspecified atom stereocenters. The van der Waals surface area contributed by atoms with Crippen molar-refractivity contribution in [2.45, 2.75) is 177 Å². The van der Waals surface area contributed by atoms with E-state index in [2.05, 4.69) is 19.2 Å². The van der Waals surface area contributed by atoms with E-state index in [4.69, 9.17) is 21.1 Å². The normalized spacial score (nSPS) is 29.3. The van der Waals surface area contributed by atoms with Crippen molar-refractivity contribution in [2.75, 3.05) is 19.8 Å². The van der Waals surface area contributed by atoms with Crippen LogP contribution >= 0.6 is 11.6 Å². The zero-order chi connectivity index (χ0) is 33.4. The van der Waals surface area contributed by atoms with Crippen molar-refractivity contribution < 1.29 is 33.5 Å². The van der Waals surface area contributed by atoms with Crippen LogP contribution in [0, 0.1) is 5.92 Å². The highest BCUT2D eigenvalue weighted by atomic mass is 35.5. The summed E-state index contributed by atoms with van der Waals surface area (Å²) >= 11 is 6.49. The Morgan fingerprint density at radius 2 is 1.51 bits per heavy atom.